The molecule has 1 N–H and O–H groups in total. The molecular formula is C20H15BrCl2N2O5. The van der Waals surface area contributed by atoms with Crippen LogP contribution in [0.5, 0.6) is 11.5 Å². The fraction of sp³-hybridized carbons (Fsp3) is 0.150. The lowest BCUT2D eigenvalue weighted by molar-refractivity contribution is -0.122. The Morgan fingerprint density at radius 1 is 1.20 bits per heavy atom. The molecule has 10 heteroatoms. The van der Waals surface area contributed by atoms with Crippen molar-refractivity contribution in [1.82, 2.24) is 5.32 Å². The molecule has 0 atom stereocenters. The van der Waals surface area contributed by atoms with Crippen molar-refractivity contribution in [2.24, 2.45) is 0 Å². The van der Waals surface area contributed by atoms with Gasteiger partial charge in [0.2, 0.25) is 0 Å². The zero-order valence-corrected chi connectivity index (χ0v) is 18.9. The Kier molecular flexibility index (Phi) is 6.70. The van der Waals surface area contributed by atoms with E-state index in [0.717, 1.165) is 4.90 Å². The highest BCUT2D eigenvalue weighted by Crippen LogP contribution is 2.38. The SMILES string of the molecule is CCOc1cc(/C=C2\C(=O)NC(=O)N(c3cccc(Cl)c3Cl)C2=O)cc(Br)c1OC. The lowest BCUT2D eigenvalue weighted by Gasteiger charge is -2.27. The minimum atomic E-state index is -0.919. The molecule has 30 heavy (non-hydrogen) atoms. The van der Waals surface area contributed by atoms with Crippen LogP contribution in [0.4, 0.5) is 10.5 Å². The zero-order chi connectivity index (χ0) is 22.0. The number of hydrogen-bond acceptors (Lipinski definition) is 5. The predicted molar refractivity (Wildman–Crippen MR) is 117 cm³/mol. The van der Waals surface area contributed by atoms with Gasteiger partial charge >= 0.3 is 6.03 Å². The molecule has 1 aliphatic heterocycles. The molecule has 0 saturated carbocycles. The van der Waals surface area contributed by atoms with E-state index in [4.69, 9.17) is 32.7 Å². The van der Waals surface area contributed by atoms with Gasteiger partial charge in [0, 0.05) is 0 Å². The van der Waals surface area contributed by atoms with Gasteiger partial charge in [-0.15, -0.1) is 0 Å². The average Bonchev–Trinajstić information content (AvgIpc) is 2.68. The molecule has 0 radical (unpaired) electrons. The summed E-state index contributed by atoms with van der Waals surface area (Å²) in [5, 5.41) is 2.32. The van der Waals surface area contributed by atoms with E-state index in [2.05, 4.69) is 21.2 Å². The van der Waals surface area contributed by atoms with Crippen LogP contribution in [0.25, 0.3) is 6.08 Å². The van der Waals surface area contributed by atoms with Crippen molar-refractivity contribution in [3.63, 3.8) is 0 Å². The lowest BCUT2D eigenvalue weighted by Crippen LogP contribution is -2.54. The Bertz CT molecular complexity index is 1090. The van der Waals surface area contributed by atoms with E-state index in [0.29, 0.717) is 28.1 Å². The summed E-state index contributed by atoms with van der Waals surface area (Å²) in [6.45, 7) is 2.20. The number of carbonyl (C=O) groups excluding carboxylic acids is 3. The van der Waals surface area contributed by atoms with Gasteiger partial charge in [0.25, 0.3) is 11.8 Å². The summed E-state index contributed by atoms with van der Waals surface area (Å²) >= 11 is 15.5. The van der Waals surface area contributed by atoms with Crippen molar-refractivity contribution >= 4 is 68.7 Å². The number of urea groups is 1. The van der Waals surface area contributed by atoms with E-state index in [9.17, 15) is 14.4 Å². The molecule has 0 aliphatic carbocycles. The molecule has 2 aromatic carbocycles. The maximum Gasteiger partial charge on any atom is 0.336 e. The molecule has 1 fully saturated rings. The lowest BCUT2D eigenvalue weighted by atomic mass is 10.1. The Labute approximate surface area is 190 Å². The molecule has 1 aliphatic rings. The number of benzene rings is 2. The number of methoxy groups -OCH3 is 1. The maximum absolute atomic E-state index is 13.0. The topological polar surface area (TPSA) is 84.9 Å². The highest BCUT2D eigenvalue weighted by atomic mass is 79.9. The van der Waals surface area contributed by atoms with Crippen molar-refractivity contribution in [3.8, 4) is 11.5 Å². The van der Waals surface area contributed by atoms with Gasteiger partial charge in [-0.1, -0.05) is 29.3 Å². The molecule has 0 aromatic heterocycles. The second-order valence-electron chi connectivity index (χ2n) is 6.00. The average molecular weight is 514 g/mol. The Balaban J connectivity index is 2.08. The van der Waals surface area contributed by atoms with Crippen molar-refractivity contribution in [2.75, 3.05) is 18.6 Å². The van der Waals surface area contributed by atoms with Crippen LogP contribution in [0.15, 0.2) is 40.4 Å². The van der Waals surface area contributed by atoms with Crippen LogP contribution in [-0.4, -0.2) is 31.6 Å². The zero-order valence-electron chi connectivity index (χ0n) is 15.8. The molecular weight excluding hydrogens is 499 g/mol. The first-order valence-corrected chi connectivity index (χ1v) is 10.2. The fourth-order valence-corrected chi connectivity index (χ4v) is 3.84. The van der Waals surface area contributed by atoms with Crippen LogP contribution >= 0.6 is 39.1 Å². The molecule has 1 saturated heterocycles. The van der Waals surface area contributed by atoms with E-state index >= 15 is 0 Å². The Morgan fingerprint density at radius 3 is 2.60 bits per heavy atom. The number of carbonyl (C=O) groups is 3. The third-order valence-corrected chi connectivity index (χ3v) is 5.52. The normalized spacial score (nSPS) is 15.4. The summed E-state index contributed by atoms with van der Waals surface area (Å²) in [7, 11) is 1.50. The number of barbiturate groups is 1. The molecule has 3 rings (SSSR count). The van der Waals surface area contributed by atoms with Gasteiger partial charge < -0.3 is 9.47 Å². The maximum atomic E-state index is 13.0. The molecule has 0 spiro atoms. The van der Waals surface area contributed by atoms with Crippen molar-refractivity contribution in [2.45, 2.75) is 6.92 Å². The van der Waals surface area contributed by atoms with Crippen LogP contribution in [0.1, 0.15) is 12.5 Å². The molecule has 7 nitrogen and oxygen atoms in total. The molecule has 0 bridgehead atoms. The van der Waals surface area contributed by atoms with Crippen LogP contribution in [0, 0.1) is 0 Å². The molecule has 0 unspecified atom stereocenters. The second kappa shape index (κ2) is 9.07. The summed E-state index contributed by atoms with van der Waals surface area (Å²) in [6, 6.07) is 6.87. The number of hydrogen-bond donors (Lipinski definition) is 1. The standard InChI is InChI=1S/C20H15BrCl2N2O5/c1-3-30-15-9-10(8-12(21)17(15)29-2)7-11-18(26)24-20(28)25(19(11)27)14-6-4-5-13(22)16(14)23/h4-9H,3H2,1-2H3,(H,24,26,28)/b11-7+. The van der Waals surface area contributed by atoms with Crippen molar-refractivity contribution in [3.05, 3.63) is 56.0 Å². The summed E-state index contributed by atoms with van der Waals surface area (Å²) in [4.78, 5) is 38.6. The number of rotatable bonds is 5. The van der Waals surface area contributed by atoms with Gasteiger partial charge in [0.1, 0.15) is 5.57 Å². The Hall–Kier alpha value is -2.55. The second-order valence-corrected chi connectivity index (χ2v) is 7.64. The quantitative estimate of drug-likeness (QED) is 0.457. The summed E-state index contributed by atoms with van der Waals surface area (Å²) in [6.07, 6.45) is 1.35. The highest BCUT2D eigenvalue weighted by Gasteiger charge is 2.38. The molecule has 2 aromatic rings. The predicted octanol–water partition coefficient (Wildman–Crippen LogP) is 4.83. The van der Waals surface area contributed by atoms with E-state index in [-0.39, 0.29) is 21.3 Å². The van der Waals surface area contributed by atoms with E-state index in [1.54, 1.807) is 18.2 Å². The number of amides is 4. The number of nitrogens with zero attached hydrogens (tertiary/aromatic N) is 1. The van der Waals surface area contributed by atoms with Gasteiger partial charge in [-0.25, -0.2) is 9.69 Å². The number of ether oxygens (including phenoxy) is 2. The summed E-state index contributed by atoms with van der Waals surface area (Å²) in [5.74, 6) is -0.765. The van der Waals surface area contributed by atoms with Gasteiger partial charge in [0.05, 0.1) is 33.9 Å². The van der Waals surface area contributed by atoms with Crippen LogP contribution in [0.3, 0.4) is 0 Å². The monoisotopic (exact) mass is 512 g/mol. The first-order chi connectivity index (χ1) is 14.3. The number of nitrogens with one attached hydrogen (secondary N) is 1. The fourth-order valence-electron chi connectivity index (χ4n) is 2.84. The van der Waals surface area contributed by atoms with Crippen LogP contribution < -0.4 is 19.7 Å². The van der Waals surface area contributed by atoms with E-state index < -0.39 is 17.8 Å². The van der Waals surface area contributed by atoms with Gasteiger partial charge in [-0.2, -0.15) is 0 Å². The first-order valence-electron chi connectivity index (χ1n) is 8.64. The van der Waals surface area contributed by atoms with Crippen molar-refractivity contribution in [1.29, 1.82) is 0 Å². The highest BCUT2D eigenvalue weighted by molar-refractivity contribution is 9.10. The third kappa shape index (κ3) is 4.16. The molecule has 1 heterocycles. The van der Waals surface area contributed by atoms with Gasteiger partial charge in [0.15, 0.2) is 11.5 Å². The van der Waals surface area contributed by atoms with E-state index in [1.807, 2.05) is 6.92 Å². The van der Waals surface area contributed by atoms with Crippen LogP contribution in [-0.2, 0) is 9.59 Å². The van der Waals surface area contributed by atoms with E-state index in [1.165, 1.54) is 25.3 Å². The van der Waals surface area contributed by atoms with Gasteiger partial charge in [-0.05, 0) is 58.8 Å². The largest absolute Gasteiger partial charge is 0.492 e. The van der Waals surface area contributed by atoms with Crippen LogP contribution in [0.2, 0.25) is 10.0 Å². The minimum Gasteiger partial charge on any atom is -0.492 e. The van der Waals surface area contributed by atoms with Gasteiger partial charge in [-0.3, -0.25) is 14.9 Å². The summed E-state index contributed by atoms with van der Waals surface area (Å²) < 4.78 is 11.4. The minimum absolute atomic E-state index is 0.0159. The summed E-state index contributed by atoms with van der Waals surface area (Å²) in [5.41, 5.74) is 0.289. The molecule has 156 valence electrons. The third-order valence-electron chi connectivity index (χ3n) is 4.12. The number of imide groups is 2. The first kappa shape index (κ1) is 22.1. The smallest absolute Gasteiger partial charge is 0.336 e. The Morgan fingerprint density at radius 2 is 1.93 bits per heavy atom. The number of halogens is 3. The molecule has 4 amide bonds. The van der Waals surface area contributed by atoms with Crippen molar-refractivity contribution < 1.29 is 23.9 Å². The number of anilines is 1.